The zero-order chi connectivity index (χ0) is 59.9. The monoisotopic (exact) mass is 1210 g/mol. The molecule has 1 aliphatic carbocycles. The highest BCUT2D eigenvalue weighted by atomic mass is 35.5. The summed E-state index contributed by atoms with van der Waals surface area (Å²) >= 11 is 14.4. The molecule has 0 bridgehead atoms. The number of amides is 5. The molecule has 17 nitrogen and oxygen atoms in total. The number of halogens is 3. The molecule has 6 N–H and O–H groups in total. The van der Waals surface area contributed by atoms with Crippen LogP contribution in [-0.2, 0) is 43.6 Å². The molecule has 2 spiro atoms. The number of aromatic nitrogens is 1. The van der Waals surface area contributed by atoms with E-state index in [-0.39, 0.29) is 86.5 Å². The first kappa shape index (κ1) is 62.4. The van der Waals surface area contributed by atoms with E-state index in [1.807, 2.05) is 65.0 Å². The van der Waals surface area contributed by atoms with Gasteiger partial charge in [-0.1, -0.05) is 106 Å². The van der Waals surface area contributed by atoms with E-state index >= 15 is 4.39 Å². The lowest BCUT2D eigenvalue weighted by atomic mass is 9.55. The Morgan fingerprint density at radius 3 is 2.24 bits per heavy atom. The number of ether oxygens (including phenoxy) is 3. The molecule has 1 saturated carbocycles. The number of likely N-dealkylation sites (tertiary alicyclic amines) is 1. The lowest BCUT2D eigenvalue weighted by molar-refractivity contribution is -0.144. The molecule has 21 heteroatoms. The highest BCUT2D eigenvalue weighted by Crippen LogP contribution is 2.63. The van der Waals surface area contributed by atoms with Crippen LogP contribution in [0.4, 0.5) is 15.8 Å². The first-order chi connectivity index (χ1) is 40.2. The quantitative estimate of drug-likeness (QED) is 0.0266. The maximum Gasteiger partial charge on any atom is 0.246 e. The van der Waals surface area contributed by atoms with Gasteiger partial charge in [-0.05, 0) is 103 Å². The van der Waals surface area contributed by atoms with Crippen molar-refractivity contribution >= 4 is 81.2 Å². The fourth-order valence-electron chi connectivity index (χ4n) is 12.6. The van der Waals surface area contributed by atoms with Crippen molar-refractivity contribution in [3.8, 4) is 10.4 Å². The number of rotatable bonds is 23. The van der Waals surface area contributed by atoms with Gasteiger partial charge in [0.25, 0.3) is 0 Å². The predicted octanol–water partition coefficient (Wildman–Crippen LogP) is 9.62. The second kappa shape index (κ2) is 27.0. The van der Waals surface area contributed by atoms with Gasteiger partial charge < -0.3 is 45.5 Å². The third-order valence-electron chi connectivity index (χ3n) is 16.7. The molecule has 448 valence electrons. The number of thiazole rings is 1. The molecule has 0 radical (unpaired) electrons. The first-order valence-electron chi connectivity index (χ1n) is 28.8. The van der Waals surface area contributed by atoms with Crippen molar-refractivity contribution in [2.45, 2.75) is 140 Å². The molecule has 9 rings (SSSR count). The van der Waals surface area contributed by atoms with Crippen LogP contribution in [0.2, 0.25) is 10.0 Å². The van der Waals surface area contributed by atoms with Crippen molar-refractivity contribution in [1.29, 1.82) is 0 Å². The van der Waals surface area contributed by atoms with Gasteiger partial charge in [-0.2, -0.15) is 0 Å². The van der Waals surface area contributed by atoms with E-state index in [0.717, 1.165) is 41.0 Å². The van der Waals surface area contributed by atoms with Crippen LogP contribution in [0.25, 0.3) is 10.4 Å². The number of aliphatic hydroxyl groups excluding tert-OH is 1. The zero-order valence-electron chi connectivity index (χ0n) is 48.0. The molecule has 4 aliphatic rings. The van der Waals surface area contributed by atoms with Crippen LogP contribution >= 0.6 is 34.5 Å². The van der Waals surface area contributed by atoms with Gasteiger partial charge >= 0.3 is 0 Å². The van der Waals surface area contributed by atoms with Crippen molar-refractivity contribution in [2.24, 2.45) is 5.41 Å². The normalized spacial score (nSPS) is 21.5. The van der Waals surface area contributed by atoms with Gasteiger partial charge in [-0.3, -0.25) is 34.1 Å². The maximum absolute atomic E-state index is 16.3. The molecule has 5 aromatic rings. The molecule has 4 aromatic carbocycles. The van der Waals surface area contributed by atoms with Crippen LogP contribution in [0.1, 0.15) is 130 Å². The topological polar surface area (TPSA) is 227 Å². The highest BCUT2D eigenvalue weighted by molar-refractivity contribution is 7.13. The number of hydrogen-bond acceptors (Lipinski definition) is 13. The molecule has 3 fully saturated rings. The smallest absolute Gasteiger partial charge is 0.246 e. The number of benzene rings is 4. The summed E-state index contributed by atoms with van der Waals surface area (Å²) in [7, 11) is 0. The minimum Gasteiger partial charge on any atom is -0.391 e. The van der Waals surface area contributed by atoms with Crippen LogP contribution in [0.15, 0.2) is 90.4 Å². The van der Waals surface area contributed by atoms with E-state index < -0.39 is 70.1 Å². The molecule has 2 saturated heterocycles. The van der Waals surface area contributed by atoms with Crippen LogP contribution in [0, 0.1) is 18.2 Å². The zero-order valence-corrected chi connectivity index (χ0v) is 50.3. The Labute approximate surface area is 503 Å². The molecule has 5 amide bonds. The Morgan fingerprint density at radius 1 is 0.869 bits per heavy atom. The molecule has 4 heterocycles. The maximum atomic E-state index is 16.3. The summed E-state index contributed by atoms with van der Waals surface area (Å²) in [5.41, 5.74) is 3.93. The standard InChI is InChI=1S/C63H74Cl2FN7O10S/c1-37(39-14-16-41(17-15-39)55-38(2)67-36-84-55)68-57(77)49-34-44(74)35-73(49)59(79)56(61(3,4)5)71-51(76)24-28-82-30-32-83-31-29-81-27-10-13-50(75)40-18-21-43(22-19-40)69-58(78)54-52(45-11-9-12-47(65)53(45)66)63(62(72-54)25-7-6-8-26-62)46-23-20-42(64)33-48(46)70-60(63)80/h9,11-12,14-23,33,36-37,44,49,52,54,56,72,74H,6-8,10,13,24-32,34-35H2,1-5H3,(H,68,77)(H,69,78)(H,70,80)(H,71,76)/t37-,44+,49-,52-,54+,56+,63+/m0/s1. The molecule has 3 aliphatic heterocycles. The summed E-state index contributed by atoms with van der Waals surface area (Å²) < 4.78 is 33.3. The van der Waals surface area contributed by atoms with Gasteiger partial charge in [0.15, 0.2) is 5.78 Å². The van der Waals surface area contributed by atoms with Crippen molar-refractivity contribution in [3.63, 3.8) is 0 Å². The van der Waals surface area contributed by atoms with E-state index in [4.69, 9.17) is 37.4 Å². The second-order valence-corrected chi connectivity index (χ2v) is 25.1. The lowest BCUT2D eigenvalue weighted by Gasteiger charge is -2.47. The number of carbonyl (C=O) groups excluding carboxylic acids is 6. The number of hydrogen-bond donors (Lipinski definition) is 6. The van der Waals surface area contributed by atoms with E-state index in [1.54, 1.807) is 65.4 Å². The van der Waals surface area contributed by atoms with Crippen LogP contribution in [0.5, 0.6) is 0 Å². The summed E-state index contributed by atoms with van der Waals surface area (Å²) in [5.74, 6) is -3.81. The summed E-state index contributed by atoms with van der Waals surface area (Å²) in [6, 6.07) is 21.1. The molecular formula is C63H74Cl2FN7O10S. The minimum atomic E-state index is -1.37. The summed E-state index contributed by atoms with van der Waals surface area (Å²) in [4.78, 5) is 90.2. The Hall–Kier alpha value is -6.16. The largest absolute Gasteiger partial charge is 0.391 e. The Balaban J connectivity index is 0.674. The van der Waals surface area contributed by atoms with Gasteiger partial charge in [-0.15, -0.1) is 11.3 Å². The highest BCUT2D eigenvalue weighted by Gasteiger charge is 2.72. The molecule has 7 atom stereocenters. The lowest BCUT2D eigenvalue weighted by Crippen LogP contribution is -2.60. The number of fused-ring (bicyclic) bond motifs is 3. The van der Waals surface area contributed by atoms with Gasteiger partial charge in [0.05, 0.1) is 72.3 Å². The number of anilines is 2. The van der Waals surface area contributed by atoms with Crippen molar-refractivity contribution in [1.82, 2.24) is 25.8 Å². The number of carbonyl (C=O) groups is 6. The van der Waals surface area contributed by atoms with E-state index in [1.165, 1.54) is 11.0 Å². The Bertz CT molecular complexity index is 3210. The van der Waals surface area contributed by atoms with Crippen LogP contribution < -0.4 is 26.6 Å². The third-order valence-corrected chi connectivity index (χ3v) is 18.3. The van der Waals surface area contributed by atoms with E-state index in [2.05, 4.69) is 31.6 Å². The predicted molar refractivity (Wildman–Crippen MR) is 321 cm³/mol. The Kier molecular flexibility index (Phi) is 20.1. The fraction of sp³-hybridized carbons (Fsp3) is 0.476. The number of aliphatic hydroxyl groups is 1. The molecule has 0 unspecified atom stereocenters. The third kappa shape index (κ3) is 13.4. The van der Waals surface area contributed by atoms with Crippen molar-refractivity contribution in [2.75, 3.05) is 56.8 Å². The van der Waals surface area contributed by atoms with Gasteiger partial charge in [0.2, 0.25) is 29.5 Å². The molecule has 84 heavy (non-hydrogen) atoms. The van der Waals surface area contributed by atoms with Crippen molar-refractivity contribution < 1.29 is 52.5 Å². The number of β-amino-alcohol motifs (C(OH)–C–C–N with tert-alkyl or cyclic N) is 1. The average Bonchev–Trinajstić information content (AvgIpc) is 1.51. The van der Waals surface area contributed by atoms with E-state index in [0.29, 0.717) is 60.0 Å². The van der Waals surface area contributed by atoms with Crippen LogP contribution in [-0.4, -0.2) is 126 Å². The number of ketones is 1. The molecular weight excluding hydrogens is 1140 g/mol. The van der Waals surface area contributed by atoms with Gasteiger partial charge in [0, 0.05) is 65.8 Å². The van der Waals surface area contributed by atoms with E-state index in [9.17, 15) is 33.9 Å². The summed E-state index contributed by atoms with van der Waals surface area (Å²) in [5, 5.41) is 26.5. The first-order valence-corrected chi connectivity index (χ1v) is 30.4. The summed E-state index contributed by atoms with van der Waals surface area (Å²) in [6.45, 7) is 10.7. The summed E-state index contributed by atoms with van der Waals surface area (Å²) in [6.07, 6.45) is 3.60. The van der Waals surface area contributed by atoms with Gasteiger partial charge in [0.1, 0.15) is 23.3 Å². The fourth-order valence-corrected chi connectivity index (χ4v) is 13.8. The second-order valence-electron chi connectivity index (χ2n) is 23.4. The van der Waals surface area contributed by atoms with Gasteiger partial charge in [-0.25, -0.2) is 9.37 Å². The SMILES string of the molecule is Cc1ncsc1-c1ccc([C@H](C)NC(=O)[C@@H]2C[C@@H](O)CN2C(=O)[C@@H](NC(=O)CCOCCOCCOCCCC(=O)c2ccc(NC(=O)[C@@H]3NC4(CCCCC4)[C@@]4(C(=O)Nc5cc(Cl)ccc54)[C@H]3c3cccc(Cl)c3F)cc2)C(C)(C)C)cc1. The minimum absolute atomic E-state index is 0.0163. The molecule has 1 aromatic heterocycles. The van der Waals surface area contributed by atoms with Crippen molar-refractivity contribution in [3.05, 3.63) is 134 Å². The Morgan fingerprint density at radius 2 is 1.56 bits per heavy atom. The number of aryl methyl sites for hydroxylation is 1. The number of nitrogens with zero attached hydrogens (tertiary/aromatic N) is 2. The number of Topliss-reactive ketones (excluding diaryl/α,β-unsaturated/α-hetero) is 1. The van der Waals surface area contributed by atoms with Crippen LogP contribution in [0.3, 0.4) is 0 Å². The average molecular weight is 1210 g/mol. The number of nitrogens with one attached hydrogen (secondary N) is 5.